The van der Waals surface area contributed by atoms with Gasteiger partial charge in [-0.1, -0.05) is 24.3 Å². The molecule has 156 valence electrons. The van der Waals surface area contributed by atoms with Gasteiger partial charge < -0.3 is 19.7 Å². The molecule has 30 heavy (non-hydrogen) atoms. The third kappa shape index (κ3) is 5.81. The van der Waals surface area contributed by atoms with Gasteiger partial charge in [-0.25, -0.2) is 0 Å². The Morgan fingerprint density at radius 3 is 2.53 bits per heavy atom. The van der Waals surface area contributed by atoms with E-state index in [9.17, 15) is 4.79 Å². The number of pyridine rings is 1. The first kappa shape index (κ1) is 21.3. The molecule has 0 bridgehead atoms. The van der Waals surface area contributed by atoms with Gasteiger partial charge >= 0.3 is 0 Å². The Labute approximate surface area is 177 Å². The predicted molar refractivity (Wildman–Crippen MR) is 117 cm³/mol. The first-order valence-corrected chi connectivity index (χ1v) is 9.77. The number of nitrogens with one attached hydrogen (secondary N) is 1. The number of carbonyl (C=O) groups excluding carboxylic acids is 1. The molecule has 0 aliphatic carbocycles. The molecule has 6 nitrogen and oxygen atoms in total. The third-order valence-corrected chi connectivity index (χ3v) is 4.80. The summed E-state index contributed by atoms with van der Waals surface area (Å²) in [6.45, 7) is 0.887. The fourth-order valence-electron chi connectivity index (χ4n) is 3.09. The summed E-state index contributed by atoms with van der Waals surface area (Å²) in [4.78, 5) is 18.9. The van der Waals surface area contributed by atoms with E-state index >= 15 is 0 Å². The number of nitrogens with zero attached hydrogens (tertiary/aromatic N) is 2. The fourth-order valence-corrected chi connectivity index (χ4v) is 3.09. The summed E-state index contributed by atoms with van der Waals surface area (Å²) in [5.41, 5.74) is 2.64. The van der Waals surface area contributed by atoms with Gasteiger partial charge in [-0.05, 0) is 56.1 Å². The third-order valence-electron chi connectivity index (χ3n) is 4.80. The van der Waals surface area contributed by atoms with Crippen molar-refractivity contribution in [1.29, 1.82) is 0 Å². The van der Waals surface area contributed by atoms with Crippen LogP contribution in [-0.2, 0) is 6.61 Å². The van der Waals surface area contributed by atoms with Gasteiger partial charge in [-0.2, -0.15) is 0 Å². The van der Waals surface area contributed by atoms with Crippen LogP contribution in [0.1, 0.15) is 27.5 Å². The molecule has 6 heteroatoms. The zero-order valence-electron chi connectivity index (χ0n) is 17.5. The summed E-state index contributed by atoms with van der Waals surface area (Å²) in [6, 6.07) is 18.9. The standard InChI is InChI=1S/C24H27N3O3/c1-27(2)23(19-9-11-21(29-3)12-10-19)16-26-24(28)20-7-4-8-22(14-20)30-17-18-6-5-13-25-15-18/h4-15,23H,16-17H2,1-3H3,(H,26,28). The Hall–Kier alpha value is -3.38. The Morgan fingerprint density at radius 2 is 1.87 bits per heavy atom. The monoisotopic (exact) mass is 405 g/mol. The molecular formula is C24H27N3O3. The van der Waals surface area contributed by atoms with Gasteiger partial charge in [0, 0.05) is 30.1 Å². The lowest BCUT2D eigenvalue weighted by molar-refractivity contribution is 0.0941. The van der Waals surface area contributed by atoms with Crippen LogP contribution in [-0.4, -0.2) is 43.5 Å². The van der Waals surface area contributed by atoms with E-state index in [4.69, 9.17) is 9.47 Å². The summed E-state index contributed by atoms with van der Waals surface area (Å²) in [5, 5.41) is 3.03. The van der Waals surface area contributed by atoms with Crippen LogP contribution in [0.4, 0.5) is 0 Å². The zero-order valence-corrected chi connectivity index (χ0v) is 17.5. The zero-order chi connectivity index (χ0) is 21.3. The number of likely N-dealkylation sites (N-methyl/N-ethyl adjacent to an activating group) is 1. The van der Waals surface area contributed by atoms with Crippen LogP contribution in [0.15, 0.2) is 73.1 Å². The molecule has 0 saturated heterocycles. The number of ether oxygens (including phenoxy) is 2. The van der Waals surface area contributed by atoms with Crippen molar-refractivity contribution in [2.45, 2.75) is 12.6 Å². The summed E-state index contributed by atoms with van der Waals surface area (Å²) in [5.74, 6) is 1.32. The van der Waals surface area contributed by atoms with E-state index in [1.54, 1.807) is 31.6 Å². The summed E-state index contributed by atoms with van der Waals surface area (Å²) < 4.78 is 11.0. The van der Waals surface area contributed by atoms with Gasteiger partial charge in [-0.3, -0.25) is 9.78 Å². The van der Waals surface area contributed by atoms with Gasteiger partial charge in [0.25, 0.3) is 5.91 Å². The van der Waals surface area contributed by atoms with Crippen LogP contribution in [0, 0.1) is 0 Å². The molecule has 0 radical (unpaired) electrons. The Kier molecular flexibility index (Phi) is 7.40. The van der Waals surface area contributed by atoms with Crippen molar-refractivity contribution in [3.63, 3.8) is 0 Å². The lowest BCUT2D eigenvalue weighted by Gasteiger charge is -2.25. The van der Waals surface area contributed by atoms with Gasteiger partial charge in [0.15, 0.2) is 0 Å². The van der Waals surface area contributed by atoms with Crippen LogP contribution in [0.2, 0.25) is 0 Å². The first-order chi connectivity index (χ1) is 14.6. The summed E-state index contributed by atoms with van der Waals surface area (Å²) >= 11 is 0. The molecule has 3 aromatic rings. The van der Waals surface area contributed by atoms with E-state index < -0.39 is 0 Å². The minimum absolute atomic E-state index is 0.0462. The lowest BCUT2D eigenvalue weighted by atomic mass is 10.1. The second-order valence-corrected chi connectivity index (χ2v) is 7.14. The number of hydrogen-bond acceptors (Lipinski definition) is 5. The highest BCUT2D eigenvalue weighted by molar-refractivity contribution is 5.94. The quantitative estimate of drug-likeness (QED) is 0.588. The number of benzene rings is 2. The van der Waals surface area contributed by atoms with Crippen molar-refractivity contribution in [2.75, 3.05) is 27.7 Å². The molecule has 1 N–H and O–H groups in total. The molecule has 0 fully saturated rings. The summed E-state index contributed by atoms with van der Waals surface area (Å²) in [7, 11) is 5.63. The van der Waals surface area contributed by atoms with E-state index in [1.807, 2.05) is 62.6 Å². The van der Waals surface area contributed by atoms with Crippen LogP contribution in [0.25, 0.3) is 0 Å². The topological polar surface area (TPSA) is 63.7 Å². The summed E-state index contributed by atoms with van der Waals surface area (Å²) in [6.07, 6.45) is 3.48. The SMILES string of the molecule is COc1ccc(C(CNC(=O)c2cccc(OCc3cccnc3)c2)N(C)C)cc1. The molecule has 3 rings (SSSR count). The highest BCUT2D eigenvalue weighted by Crippen LogP contribution is 2.21. The first-order valence-electron chi connectivity index (χ1n) is 9.77. The van der Waals surface area contributed by atoms with Gasteiger partial charge in [0.2, 0.25) is 0 Å². The van der Waals surface area contributed by atoms with Crippen LogP contribution in [0.5, 0.6) is 11.5 Å². The van der Waals surface area contributed by atoms with Crippen molar-refractivity contribution in [3.8, 4) is 11.5 Å². The number of carbonyl (C=O) groups is 1. The van der Waals surface area contributed by atoms with Crippen molar-refractivity contribution in [2.24, 2.45) is 0 Å². The molecule has 0 aliphatic rings. The van der Waals surface area contributed by atoms with Crippen molar-refractivity contribution < 1.29 is 14.3 Å². The molecule has 1 amide bonds. The number of rotatable bonds is 9. The fraction of sp³-hybridized carbons (Fsp3) is 0.250. The molecule has 2 aromatic carbocycles. The average molecular weight is 405 g/mol. The highest BCUT2D eigenvalue weighted by Gasteiger charge is 2.16. The Morgan fingerprint density at radius 1 is 1.07 bits per heavy atom. The minimum Gasteiger partial charge on any atom is -0.497 e. The maximum absolute atomic E-state index is 12.7. The van der Waals surface area contributed by atoms with Gasteiger partial charge in [0.05, 0.1) is 13.2 Å². The van der Waals surface area contributed by atoms with E-state index in [0.717, 1.165) is 16.9 Å². The second kappa shape index (κ2) is 10.4. The maximum atomic E-state index is 12.7. The van der Waals surface area contributed by atoms with Crippen molar-refractivity contribution in [1.82, 2.24) is 15.2 Å². The normalized spacial score (nSPS) is 11.7. The van der Waals surface area contributed by atoms with Crippen LogP contribution < -0.4 is 14.8 Å². The smallest absolute Gasteiger partial charge is 0.251 e. The number of aromatic nitrogens is 1. The Bertz CT molecular complexity index is 943. The van der Waals surface area contributed by atoms with Crippen molar-refractivity contribution >= 4 is 5.91 Å². The molecular weight excluding hydrogens is 378 g/mol. The molecule has 1 aromatic heterocycles. The highest BCUT2D eigenvalue weighted by atomic mass is 16.5. The maximum Gasteiger partial charge on any atom is 0.251 e. The van der Waals surface area contributed by atoms with Crippen molar-refractivity contribution in [3.05, 3.63) is 89.7 Å². The molecule has 1 unspecified atom stereocenters. The number of amides is 1. The lowest BCUT2D eigenvalue weighted by Crippen LogP contribution is -2.34. The number of methoxy groups -OCH3 is 1. The van der Waals surface area contributed by atoms with E-state index in [1.165, 1.54) is 0 Å². The van der Waals surface area contributed by atoms with Crippen LogP contribution >= 0.6 is 0 Å². The molecule has 0 saturated carbocycles. The van der Waals surface area contributed by atoms with E-state index in [2.05, 4.69) is 15.2 Å². The minimum atomic E-state index is -0.137. The molecule has 1 heterocycles. The molecule has 0 aliphatic heterocycles. The predicted octanol–water partition coefficient (Wildman–Crippen LogP) is 3.70. The largest absolute Gasteiger partial charge is 0.497 e. The molecule has 0 spiro atoms. The van der Waals surface area contributed by atoms with E-state index in [0.29, 0.717) is 24.5 Å². The van der Waals surface area contributed by atoms with Gasteiger partial charge in [-0.15, -0.1) is 0 Å². The van der Waals surface area contributed by atoms with Crippen LogP contribution in [0.3, 0.4) is 0 Å². The van der Waals surface area contributed by atoms with E-state index in [-0.39, 0.29) is 11.9 Å². The Balaban J connectivity index is 1.61. The van der Waals surface area contributed by atoms with Gasteiger partial charge in [0.1, 0.15) is 18.1 Å². The average Bonchev–Trinajstić information content (AvgIpc) is 2.79. The molecule has 1 atom stereocenters. The number of hydrogen-bond donors (Lipinski definition) is 1. The second-order valence-electron chi connectivity index (χ2n) is 7.14.